The van der Waals surface area contributed by atoms with Crippen molar-refractivity contribution < 1.29 is 23.4 Å². The van der Waals surface area contributed by atoms with E-state index in [9.17, 15) is 13.2 Å². The molecular formula is C10H11ClF3NO2. The van der Waals surface area contributed by atoms with Gasteiger partial charge in [0.2, 0.25) is 0 Å². The lowest BCUT2D eigenvalue weighted by Gasteiger charge is -2.13. The van der Waals surface area contributed by atoms with E-state index < -0.39 is 29.5 Å². The Morgan fingerprint density at radius 3 is 2.47 bits per heavy atom. The first-order chi connectivity index (χ1) is 7.84. The van der Waals surface area contributed by atoms with Crippen molar-refractivity contribution >= 4 is 17.3 Å². The molecule has 0 spiro atoms. The third-order valence-corrected chi connectivity index (χ3v) is 2.34. The molecule has 3 N–H and O–H groups in total. The Morgan fingerprint density at radius 1 is 1.35 bits per heavy atom. The van der Waals surface area contributed by atoms with Gasteiger partial charge in [0.15, 0.2) is 0 Å². The van der Waals surface area contributed by atoms with Crippen LogP contribution in [0.5, 0.6) is 0 Å². The first-order valence-corrected chi connectivity index (χ1v) is 5.12. The van der Waals surface area contributed by atoms with Gasteiger partial charge in [0.1, 0.15) is 0 Å². The summed E-state index contributed by atoms with van der Waals surface area (Å²) >= 11 is 5.49. The van der Waals surface area contributed by atoms with Crippen LogP contribution in [0.3, 0.4) is 0 Å². The van der Waals surface area contributed by atoms with Crippen molar-refractivity contribution in [2.45, 2.75) is 12.3 Å². The van der Waals surface area contributed by atoms with Gasteiger partial charge in [-0.2, -0.15) is 13.2 Å². The minimum Gasteiger partial charge on any atom is -0.394 e. The van der Waals surface area contributed by atoms with Gasteiger partial charge in [-0.1, -0.05) is 11.6 Å². The number of alkyl halides is 3. The average Bonchev–Trinajstić information content (AvgIpc) is 2.24. The summed E-state index contributed by atoms with van der Waals surface area (Å²) in [5.41, 5.74) is -0.567. The third kappa shape index (κ3) is 4.07. The lowest BCUT2D eigenvalue weighted by Crippen LogP contribution is -2.23. The van der Waals surface area contributed by atoms with Crippen LogP contribution in [0.4, 0.5) is 18.9 Å². The van der Waals surface area contributed by atoms with Gasteiger partial charge in [-0.3, -0.25) is 0 Å². The van der Waals surface area contributed by atoms with Crippen LogP contribution in [0.15, 0.2) is 18.2 Å². The molecule has 1 aromatic carbocycles. The molecule has 17 heavy (non-hydrogen) atoms. The zero-order valence-corrected chi connectivity index (χ0v) is 9.39. The topological polar surface area (TPSA) is 52.5 Å². The Labute approximate surface area is 101 Å². The standard InChI is InChI=1S/C10H11ClF3NO2/c11-9-3-6(15-4-7(17)5-16)1-2-8(9)10(12,13)14/h1-3,7,15-17H,4-5H2. The molecule has 0 aromatic heterocycles. The van der Waals surface area contributed by atoms with Crippen LogP contribution in [0.25, 0.3) is 0 Å². The second-order valence-electron chi connectivity index (χ2n) is 3.41. The van der Waals surface area contributed by atoms with Gasteiger partial charge < -0.3 is 15.5 Å². The van der Waals surface area contributed by atoms with Gasteiger partial charge in [0.25, 0.3) is 0 Å². The van der Waals surface area contributed by atoms with Crippen LogP contribution in [-0.2, 0) is 6.18 Å². The maximum Gasteiger partial charge on any atom is 0.417 e. The summed E-state index contributed by atoms with van der Waals surface area (Å²) in [7, 11) is 0. The lowest BCUT2D eigenvalue weighted by molar-refractivity contribution is -0.137. The Hall–Kier alpha value is -0.980. The molecule has 0 aliphatic heterocycles. The molecule has 1 unspecified atom stereocenters. The van der Waals surface area contributed by atoms with Crippen molar-refractivity contribution in [2.75, 3.05) is 18.5 Å². The predicted octanol–water partition coefficient (Wildman–Crippen LogP) is 2.12. The molecular weight excluding hydrogens is 259 g/mol. The summed E-state index contributed by atoms with van der Waals surface area (Å²) in [5, 5.41) is 19.8. The van der Waals surface area contributed by atoms with E-state index in [2.05, 4.69) is 5.32 Å². The van der Waals surface area contributed by atoms with Gasteiger partial charge in [0.05, 0.1) is 23.3 Å². The quantitative estimate of drug-likeness (QED) is 0.785. The highest BCUT2D eigenvalue weighted by atomic mass is 35.5. The Morgan fingerprint density at radius 2 is 2.00 bits per heavy atom. The van der Waals surface area contributed by atoms with Gasteiger partial charge in [-0.15, -0.1) is 0 Å². The largest absolute Gasteiger partial charge is 0.417 e. The maximum atomic E-state index is 12.4. The fraction of sp³-hybridized carbons (Fsp3) is 0.400. The summed E-state index contributed by atoms with van der Waals surface area (Å²) in [6, 6.07) is 3.18. The molecule has 96 valence electrons. The zero-order chi connectivity index (χ0) is 13.1. The number of hydrogen-bond donors (Lipinski definition) is 3. The van der Waals surface area contributed by atoms with Gasteiger partial charge in [-0.05, 0) is 18.2 Å². The first-order valence-electron chi connectivity index (χ1n) is 4.74. The SMILES string of the molecule is OCC(O)CNc1ccc(C(F)(F)F)c(Cl)c1. The minimum atomic E-state index is -4.49. The number of aliphatic hydroxyl groups excluding tert-OH is 2. The predicted molar refractivity (Wildman–Crippen MR) is 58.0 cm³/mol. The molecule has 0 aliphatic rings. The molecule has 1 rings (SSSR count). The molecule has 0 saturated carbocycles. The summed E-state index contributed by atoms with van der Waals surface area (Å²) in [6.45, 7) is -0.403. The molecule has 1 aromatic rings. The van der Waals surface area contributed by atoms with Crippen LogP contribution >= 0.6 is 11.6 Å². The second kappa shape index (κ2) is 5.57. The van der Waals surface area contributed by atoms with Crippen LogP contribution in [0.1, 0.15) is 5.56 Å². The van der Waals surface area contributed by atoms with Crippen LogP contribution in [0.2, 0.25) is 5.02 Å². The van der Waals surface area contributed by atoms with E-state index in [1.54, 1.807) is 0 Å². The molecule has 0 fully saturated rings. The van der Waals surface area contributed by atoms with Crippen molar-refractivity contribution in [3.63, 3.8) is 0 Å². The molecule has 3 nitrogen and oxygen atoms in total. The van der Waals surface area contributed by atoms with E-state index in [4.69, 9.17) is 21.8 Å². The zero-order valence-electron chi connectivity index (χ0n) is 8.63. The summed E-state index contributed by atoms with van der Waals surface area (Å²) in [4.78, 5) is 0. The number of halogens is 4. The number of benzene rings is 1. The molecule has 0 bridgehead atoms. The monoisotopic (exact) mass is 269 g/mol. The number of nitrogens with one attached hydrogen (secondary N) is 1. The fourth-order valence-electron chi connectivity index (χ4n) is 1.16. The van der Waals surface area contributed by atoms with E-state index in [0.29, 0.717) is 5.69 Å². The smallest absolute Gasteiger partial charge is 0.394 e. The van der Waals surface area contributed by atoms with Gasteiger partial charge in [-0.25, -0.2) is 0 Å². The normalized spacial score (nSPS) is 13.5. The van der Waals surface area contributed by atoms with Crippen molar-refractivity contribution in [3.05, 3.63) is 28.8 Å². The highest BCUT2D eigenvalue weighted by Crippen LogP contribution is 2.35. The van der Waals surface area contributed by atoms with Crippen molar-refractivity contribution in [3.8, 4) is 0 Å². The first kappa shape index (κ1) is 14.1. The Bertz CT molecular complexity index is 384. The van der Waals surface area contributed by atoms with Crippen LogP contribution < -0.4 is 5.32 Å². The van der Waals surface area contributed by atoms with Crippen molar-refractivity contribution in [2.24, 2.45) is 0 Å². The number of aliphatic hydroxyl groups is 2. The highest BCUT2D eigenvalue weighted by Gasteiger charge is 2.32. The molecule has 7 heteroatoms. The van der Waals surface area contributed by atoms with Gasteiger partial charge >= 0.3 is 6.18 Å². The highest BCUT2D eigenvalue weighted by molar-refractivity contribution is 6.31. The van der Waals surface area contributed by atoms with E-state index >= 15 is 0 Å². The molecule has 0 radical (unpaired) electrons. The summed E-state index contributed by atoms with van der Waals surface area (Å²) in [5.74, 6) is 0. The van der Waals surface area contributed by atoms with E-state index in [0.717, 1.165) is 12.1 Å². The van der Waals surface area contributed by atoms with Crippen molar-refractivity contribution in [1.29, 1.82) is 0 Å². The van der Waals surface area contributed by atoms with E-state index in [1.807, 2.05) is 0 Å². The number of hydrogen-bond acceptors (Lipinski definition) is 3. The van der Waals surface area contributed by atoms with Gasteiger partial charge in [0, 0.05) is 12.2 Å². The fourth-order valence-corrected chi connectivity index (χ4v) is 1.44. The van der Waals surface area contributed by atoms with Crippen LogP contribution in [-0.4, -0.2) is 29.5 Å². The van der Waals surface area contributed by atoms with E-state index in [-0.39, 0.29) is 6.54 Å². The molecule has 0 aliphatic carbocycles. The van der Waals surface area contributed by atoms with Crippen molar-refractivity contribution in [1.82, 2.24) is 0 Å². The van der Waals surface area contributed by atoms with Crippen LogP contribution in [0, 0.1) is 0 Å². The lowest BCUT2D eigenvalue weighted by atomic mass is 10.2. The molecule has 1 atom stereocenters. The number of anilines is 1. The maximum absolute atomic E-state index is 12.4. The average molecular weight is 270 g/mol. The second-order valence-corrected chi connectivity index (χ2v) is 3.82. The molecule has 0 saturated heterocycles. The summed E-state index contributed by atoms with van der Waals surface area (Å²) < 4.78 is 37.1. The molecule has 0 heterocycles. The molecule has 0 amide bonds. The Kier molecular flexibility index (Phi) is 4.62. The third-order valence-electron chi connectivity index (χ3n) is 2.03. The van der Waals surface area contributed by atoms with E-state index in [1.165, 1.54) is 6.07 Å². The Balaban J connectivity index is 2.76. The minimum absolute atomic E-state index is 0.0260. The summed E-state index contributed by atoms with van der Waals surface area (Å²) in [6.07, 6.45) is -5.46. The number of rotatable bonds is 4.